The van der Waals surface area contributed by atoms with Crippen LogP contribution < -0.4 is 0 Å². The molecular weight excluding hydrogens is 252 g/mol. The molecule has 0 fully saturated rings. The first-order valence-corrected chi connectivity index (χ1v) is 5.88. The molecule has 94 valence electrons. The molecule has 1 heterocycles. The van der Waals surface area contributed by atoms with Gasteiger partial charge in [-0.25, -0.2) is 0 Å². The number of rotatable bonds is 4. The lowest BCUT2D eigenvalue weighted by Gasteiger charge is -2.03. The van der Waals surface area contributed by atoms with Crippen molar-refractivity contribution < 1.29 is 13.9 Å². The van der Waals surface area contributed by atoms with Crippen molar-refractivity contribution in [2.45, 2.75) is 13.5 Å². The van der Waals surface area contributed by atoms with Crippen molar-refractivity contribution in [3.63, 3.8) is 0 Å². The van der Waals surface area contributed by atoms with E-state index in [2.05, 4.69) is 0 Å². The summed E-state index contributed by atoms with van der Waals surface area (Å²) in [7, 11) is 1.57. The van der Waals surface area contributed by atoms with E-state index in [0.29, 0.717) is 23.0 Å². The van der Waals surface area contributed by atoms with Gasteiger partial charge in [0.25, 0.3) is 0 Å². The molecule has 18 heavy (non-hydrogen) atoms. The molecule has 0 bridgehead atoms. The Morgan fingerprint density at radius 3 is 2.83 bits per heavy atom. The van der Waals surface area contributed by atoms with E-state index >= 15 is 0 Å². The van der Waals surface area contributed by atoms with Gasteiger partial charge in [0.05, 0.1) is 5.02 Å². The van der Waals surface area contributed by atoms with Crippen LogP contribution in [0.1, 0.15) is 27.4 Å². The summed E-state index contributed by atoms with van der Waals surface area (Å²) >= 11 is 6.12. The highest BCUT2D eigenvalue weighted by Crippen LogP contribution is 2.23. The zero-order valence-corrected chi connectivity index (χ0v) is 11.0. The number of ether oxygens (including phenoxy) is 1. The summed E-state index contributed by atoms with van der Waals surface area (Å²) in [6.45, 7) is 2.20. The number of carbonyl (C=O) groups excluding carboxylic acids is 1. The molecule has 3 nitrogen and oxygen atoms in total. The van der Waals surface area contributed by atoms with Crippen molar-refractivity contribution in [1.82, 2.24) is 0 Å². The monoisotopic (exact) mass is 264 g/mol. The summed E-state index contributed by atoms with van der Waals surface area (Å²) in [5.41, 5.74) is 1.32. The summed E-state index contributed by atoms with van der Waals surface area (Å²) in [5, 5.41) is 0.465. The summed E-state index contributed by atoms with van der Waals surface area (Å²) in [6, 6.07) is 8.71. The van der Waals surface area contributed by atoms with Crippen LogP contribution in [0.15, 0.2) is 34.7 Å². The Balaban J connectivity index is 2.32. The molecule has 0 saturated carbocycles. The molecule has 0 amide bonds. The lowest BCUT2D eigenvalue weighted by Crippen LogP contribution is -2.01. The van der Waals surface area contributed by atoms with E-state index in [1.807, 2.05) is 13.0 Å². The van der Waals surface area contributed by atoms with Crippen molar-refractivity contribution in [3.05, 3.63) is 58.0 Å². The number of hydrogen-bond acceptors (Lipinski definition) is 3. The number of carbonyl (C=O) groups is 1. The Kier molecular flexibility index (Phi) is 3.84. The van der Waals surface area contributed by atoms with E-state index in [1.54, 1.807) is 31.4 Å². The molecule has 4 heteroatoms. The number of halogens is 1. The Bertz CT molecular complexity index is 572. The highest BCUT2D eigenvalue weighted by Gasteiger charge is 2.17. The molecule has 1 aromatic carbocycles. The molecule has 2 aromatic rings. The van der Waals surface area contributed by atoms with E-state index in [4.69, 9.17) is 20.8 Å². The lowest BCUT2D eigenvalue weighted by molar-refractivity contribution is 0.1000. The number of furan rings is 1. The van der Waals surface area contributed by atoms with Gasteiger partial charge in [0.2, 0.25) is 5.78 Å². The second-order valence-electron chi connectivity index (χ2n) is 3.96. The molecule has 0 aliphatic rings. The zero-order chi connectivity index (χ0) is 13.1. The van der Waals surface area contributed by atoms with Crippen molar-refractivity contribution in [2.75, 3.05) is 7.11 Å². The van der Waals surface area contributed by atoms with E-state index in [1.165, 1.54) is 0 Å². The molecule has 0 aliphatic carbocycles. The van der Waals surface area contributed by atoms with Crippen LogP contribution in [0.5, 0.6) is 0 Å². The third-order valence-corrected chi connectivity index (χ3v) is 3.11. The van der Waals surface area contributed by atoms with Crippen LogP contribution in [-0.4, -0.2) is 12.9 Å². The highest BCUT2D eigenvalue weighted by molar-refractivity contribution is 6.35. The second kappa shape index (κ2) is 5.38. The van der Waals surface area contributed by atoms with Gasteiger partial charge in [-0.3, -0.25) is 4.79 Å². The Morgan fingerprint density at radius 1 is 1.33 bits per heavy atom. The highest BCUT2D eigenvalue weighted by atomic mass is 35.5. The Morgan fingerprint density at radius 2 is 2.11 bits per heavy atom. The number of hydrogen-bond donors (Lipinski definition) is 0. The maximum atomic E-state index is 12.2. The number of ketones is 1. The van der Waals surface area contributed by atoms with E-state index in [0.717, 1.165) is 5.56 Å². The van der Waals surface area contributed by atoms with Crippen LogP contribution >= 0.6 is 11.6 Å². The van der Waals surface area contributed by atoms with Gasteiger partial charge in [-0.05, 0) is 30.7 Å². The molecule has 0 spiro atoms. The van der Waals surface area contributed by atoms with Gasteiger partial charge in [-0.2, -0.15) is 0 Å². The normalized spacial score (nSPS) is 10.6. The topological polar surface area (TPSA) is 39.4 Å². The summed E-state index contributed by atoms with van der Waals surface area (Å²) in [5.74, 6) is 0.672. The third-order valence-electron chi connectivity index (χ3n) is 2.61. The van der Waals surface area contributed by atoms with Crippen LogP contribution in [0.3, 0.4) is 0 Å². The number of benzene rings is 1. The van der Waals surface area contributed by atoms with Crippen molar-refractivity contribution >= 4 is 17.4 Å². The molecule has 1 aromatic heterocycles. The molecule has 2 rings (SSSR count). The van der Waals surface area contributed by atoms with E-state index in [-0.39, 0.29) is 11.5 Å². The quantitative estimate of drug-likeness (QED) is 0.792. The lowest BCUT2D eigenvalue weighted by atomic mass is 10.1. The molecule has 0 N–H and O–H groups in total. The fourth-order valence-corrected chi connectivity index (χ4v) is 1.89. The second-order valence-corrected chi connectivity index (χ2v) is 4.34. The minimum atomic E-state index is -0.217. The standard InChI is InChI=1S/C14H13ClO3/c1-9-4-3-5-11(13(9)15)14(16)12-7-6-10(18-12)8-17-2/h3-7H,8H2,1-2H3. The van der Waals surface area contributed by atoms with Gasteiger partial charge in [0.1, 0.15) is 12.4 Å². The zero-order valence-electron chi connectivity index (χ0n) is 10.2. The minimum Gasteiger partial charge on any atom is -0.455 e. The molecule has 0 atom stereocenters. The molecular formula is C14H13ClO3. The van der Waals surface area contributed by atoms with Crippen molar-refractivity contribution in [1.29, 1.82) is 0 Å². The van der Waals surface area contributed by atoms with Gasteiger partial charge < -0.3 is 9.15 Å². The van der Waals surface area contributed by atoms with Crippen molar-refractivity contribution in [2.24, 2.45) is 0 Å². The van der Waals surface area contributed by atoms with Crippen LogP contribution in [0.25, 0.3) is 0 Å². The largest absolute Gasteiger partial charge is 0.455 e. The predicted octanol–water partition coefficient (Wildman–Crippen LogP) is 3.62. The summed E-state index contributed by atoms with van der Waals surface area (Å²) < 4.78 is 10.3. The Labute approximate surface area is 110 Å². The smallest absolute Gasteiger partial charge is 0.229 e. The van der Waals surface area contributed by atoms with Gasteiger partial charge in [-0.1, -0.05) is 23.7 Å². The van der Waals surface area contributed by atoms with Crippen LogP contribution in [-0.2, 0) is 11.3 Å². The average Bonchev–Trinajstić information content (AvgIpc) is 2.81. The number of methoxy groups -OCH3 is 1. The van der Waals surface area contributed by atoms with E-state index in [9.17, 15) is 4.79 Å². The van der Waals surface area contributed by atoms with Crippen LogP contribution in [0.4, 0.5) is 0 Å². The van der Waals surface area contributed by atoms with Crippen LogP contribution in [0.2, 0.25) is 5.02 Å². The SMILES string of the molecule is COCc1ccc(C(=O)c2cccc(C)c2Cl)o1. The minimum absolute atomic E-state index is 0.217. The average molecular weight is 265 g/mol. The van der Waals surface area contributed by atoms with Gasteiger partial charge in [0, 0.05) is 12.7 Å². The maximum Gasteiger partial charge on any atom is 0.229 e. The van der Waals surface area contributed by atoms with Crippen LogP contribution in [0, 0.1) is 6.92 Å². The molecule has 0 radical (unpaired) electrons. The fourth-order valence-electron chi connectivity index (χ4n) is 1.68. The number of aryl methyl sites for hydroxylation is 1. The van der Waals surface area contributed by atoms with Gasteiger partial charge in [-0.15, -0.1) is 0 Å². The first-order chi connectivity index (χ1) is 8.63. The first kappa shape index (κ1) is 12.9. The fraction of sp³-hybridized carbons (Fsp3) is 0.214. The molecule has 0 aliphatic heterocycles. The van der Waals surface area contributed by atoms with E-state index < -0.39 is 0 Å². The Hall–Kier alpha value is -1.58. The maximum absolute atomic E-state index is 12.2. The van der Waals surface area contributed by atoms with Gasteiger partial charge in [0.15, 0.2) is 5.76 Å². The third kappa shape index (κ3) is 2.47. The summed E-state index contributed by atoms with van der Waals surface area (Å²) in [6.07, 6.45) is 0. The predicted molar refractivity (Wildman–Crippen MR) is 69.0 cm³/mol. The van der Waals surface area contributed by atoms with Gasteiger partial charge >= 0.3 is 0 Å². The van der Waals surface area contributed by atoms with Crippen molar-refractivity contribution in [3.8, 4) is 0 Å². The molecule has 0 unspecified atom stereocenters. The summed E-state index contributed by atoms with van der Waals surface area (Å²) in [4.78, 5) is 12.2. The first-order valence-electron chi connectivity index (χ1n) is 5.51. The molecule has 0 saturated heterocycles.